The van der Waals surface area contributed by atoms with Gasteiger partial charge >= 0.3 is 0 Å². The highest BCUT2D eigenvalue weighted by Gasteiger charge is 2.21. The van der Waals surface area contributed by atoms with Crippen LogP contribution in [0.1, 0.15) is 35.2 Å². The van der Waals surface area contributed by atoms with Crippen LogP contribution >= 0.6 is 11.6 Å². The Morgan fingerprint density at radius 2 is 1.82 bits per heavy atom. The molecule has 0 unspecified atom stereocenters. The first-order chi connectivity index (χ1) is 10.8. The number of hydrogen-bond donors (Lipinski definition) is 1. The minimum absolute atomic E-state index is 0.775. The fourth-order valence-electron chi connectivity index (χ4n) is 3.30. The molecule has 110 valence electrons. The van der Waals surface area contributed by atoms with Crippen molar-refractivity contribution >= 4 is 29.3 Å². The molecule has 2 nitrogen and oxygen atoms in total. The maximum absolute atomic E-state index is 6.20. The molecule has 1 N–H and O–H groups in total. The summed E-state index contributed by atoms with van der Waals surface area (Å²) in [6.07, 6.45) is 8.33. The van der Waals surface area contributed by atoms with Crippen LogP contribution in [0.15, 0.2) is 42.1 Å². The van der Waals surface area contributed by atoms with Crippen molar-refractivity contribution in [1.29, 1.82) is 0 Å². The van der Waals surface area contributed by atoms with Gasteiger partial charge in [0.05, 0.1) is 5.69 Å². The Bertz CT molecular complexity index is 782. The van der Waals surface area contributed by atoms with Gasteiger partial charge in [-0.25, -0.2) is 0 Å². The molecule has 1 aliphatic heterocycles. The summed E-state index contributed by atoms with van der Waals surface area (Å²) < 4.78 is 0. The van der Waals surface area contributed by atoms with E-state index < -0.39 is 0 Å². The summed E-state index contributed by atoms with van der Waals surface area (Å²) in [7, 11) is 0. The lowest BCUT2D eigenvalue weighted by Crippen LogP contribution is -2.24. The molecule has 2 heterocycles. The van der Waals surface area contributed by atoms with Crippen LogP contribution in [-0.2, 0) is 0 Å². The Morgan fingerprint density at radius 1 is 1.00 bits per heavy atom. The summed E-state index contributed by atoms with van der Waals surface area (Å²) in [5, 5.41) is 4.21. The summed E-state index contributed by atoms with van der Waals surface area (Å²) in [4.78, 5) is 4.69. The van der Waals surface area contributed by atoms with Crippen LogP contribution in [0.5, 0.6) is 0 Å². The van der Waals surface area contributed by atoms with E-state index in [1.807, 2.05) is 24.4 Å². The first-order valence-corrected chi connectivity index (χ1v) is 8.07. The summed E-state index contributed by atoms with van der Waals surface area (Å²) in [6, 6.07) is 10.3. The second-order valence-electron chi connectivity index (χ2n) is 5.73. The van der Waals surface area contributed by atoms with Crippen LogP contribution in [0, 0.1) is 0 Å². The lowest BCUT2D eigenvalue weighted by Gasteiger charge is -2.21. The van der Waals surface area contributed by atoms with Gasteiger partial charge in [-0.2, -0.15) is 0 Å². The monoisotopic (exact) mass is 308 g/mol. The molecule has 0 saturated carbocycles. The average molecular weight is 309 g/mol. The van der Waals surface area contributed by atoms with Gasteiger partial charge in [-0.3, -0.25) is 4.98 Å². The molecule has 0 amide bonds. The van der Waals surface area contributed by atoms with Gasteiger partial charge in [-0.1, -0.05) is 41.5 Å². The fraction of sp³-hybridized carbons (Fsp3) is 0.211. The molecule has 3 heteroatoms. The number of hydrogen-bond acceptors (Lipinski definition) is 2. The van der Waals surface area contributed by atoms with Crippen molar-refractivity contribution in [3.8, 4) is 0 Å². The third kappa shape index (κ3) is 2.39. The third-order valence-corrected chi connectivity index (χ3v) is 4.60. The first-order valence-electron chi connectivity index (χ1n) is 7.69. The van der Waals surface area contributed by atoms with Gasteiger partial charge < -0.3 is 5.32 Å². The van der Waals surface area contributed by atoms with E-state index in [-0.39, 0.29) is 0 Å². The summed E-state index contributed by atoms with van der Waals surface area (Å²) in [6.45, 7) is 2.08. The Morgan fingerprint density at radius 3 is 2.68 bits per heavy atom. The predicted octanol–water partition coefficient (Wildman–Crippen LogP) is 4.40. The molecular formula is C19H17ClN2. The van der Waals surface area contributed by atoms with Crippen molar-refractivity contribution < 1.29 is 0 Å². The van der Waals surface area contributed by atoms with Crippen molar-refractivity contribution in [3.05, 3.63) is 69.5 Å². The van der Waals surface area contributed by atoms with Gasteiger partial charge in [-0.05, 0) is 55.3 Å². The molecule has 2 aliphatic rings. The van der Waals surface area contributed by atoms with Crippen molar-refractivity contribution in [2.75, 3.05) is 13.1 Å². The van der Waals surface area contributed by atoms with Gasteiger partial charge in [-0.15, -0.1) is 0 Å². The van der Waals surface area contributed by atoms with Gasteiger partial charge in [0.15, 0.2) is 0 Å². The molecule has 1 fully saturated rings. The number of halogens is 1. The minimum atomic E-state index is 0.775. The number of aromatic nitrogens is 1. The van der Waals surface area contributed by atoms with Crippen LogP contribution in [0.4, 0.5) is 0 Å². The first kappa shape index (κ1) is 13.7. The summed E-state index contributed by atoms with van der Waals surface area (Å²) in [5.74, 6) is 0. The number of nitrogens with zero attached hydrogens (tertiary/aromatic N) is 1. The highest BCUT2D eigenvalue weighted by atomic mass is 35.5. The predicted molar refractivity (Wildman–Crippen MR) is 92.7 cm³/mol. The molecule has 4 rings (SSSR count). The normalized spacial score (nSPS) is 17.0. The van der Waals surface area contributed by atoms with Crippen LogP contribution in [0.25, 0.3) is 17.7 Å². The average Bonchev–Trinajstić information content (AvgIpc) is 2.72. The van der Waals surface area contributed by atoms with Gasteiger partial charge in [0.25, 0.3) is 0 Å². The molecule has 0 spiro atoms. The van der Waals surface area contributed by atoms with Gasteiger partial charge in [0.2, 0.25) is 0 Å². The molecule has 0 atom stereocenters. The van der Waals surface area contributed by atoms with E-state index in [2.05, 4.69) is 29.6 Å². The Balaban J connectivity index is 2.01. The van der Waals surface area contributed by atoms with Gasteiger partial charge in [0, 0.05) is 22.4 Å². The second kappa shape index (κ2) is 5.71. The molecule has 22 heavy (non-hydrogen) atoms. The van der Waals surface area contributed by atoms with E-state index in [4.69, 9.17) is 16.6 Å². The molecule has 0 bridgehead atoms. The van der Waals surface area contributed by atoms with Crippen molar-refractivity contribution in [3.63, 3.8) is 0 Å². The summed E-state index contributed by atoms with van der Waals surface area (Å²) in [5.41, 5.74) is 7.48. The zero-order valence-electron chi connectivity index (χ0n) is 12.3. The number of fused-ring (bicyclic) bond motifs is 2. The van der Waals surface area contributed by atoms with E-state index >= 15 is 0 Å². The fourth-order valence-corrected chi connectivity index (χ4v) is 3.48. The van der Waals surface area contributed by atoms with Crippen molar-refractivity contribution in [1.82, 2.24) is 10.3 Å². The standard InChI is InChI=1S/C19H17ClN2/c20-16-5-6-17-15(12-16)4-3-14-2-1-9-22-19(14)18(17)13-7-10-21-11-8-13/h1-6,9,12,21H,7-8,10-11H2. The number of nitrogens with one attached hydrogen (secondary N) is 1. The zero-order valence-corrected chi connectivity index (χ0v) is 13.0. The van der Waals surface area contributed by atoms with Crippen molar-refractivity contribution in [2.24, 2.45) is 0 Å². The number of benzene rings is 1. The molecule has 1 aliphatic carbocycles. The summed E-state index contributed by atoms with van der Waals surface area (Å²) >= 11 is 6.20. The number of pyridine rings is 1. The second-order valence-corrected chi connectivity index (χ2v) is 6.17. The maximum atomic E-state index is 6.20. The minimum Gasteiger partial charge on any atom is -0.316 e. The molecule has 2 aromatic rings. The molecule has 1 saturated heterocycles. The van der Waals surface area contributed by atoms with Crippen molar-refractivity contribution in [2.45, 2.75) is 12.8 Å². The number of rotatable bonds is 0. The van der Waals surface area contributed by atoms with Crippen LogP contribution in [-0.4, -0.2) is 18.1 Å². The van der Waals surface area contributed by atoms with E-state index in [1.165, 1.54) is 27.8 Å². The highest BCUT2D eigenvalue weighted by Crippen LogP contribution is 2.37. The topological polar surface area (TPSA) is 24.9 Å². The van der Waals surface area contributed by atoms with E-state index in [0.29, 0.717) is 0 Å². The lowest BCUT2D eigenvalue weighted by molar-refractivity contribution is 0.611. The van der Waals surface area contributed by atoms with E-state index in [1.54, 1.807) is 0 Å². The highest BCUT2D eigenvalue weighted by molar-refractivity contribution is 6.30. The maximum Gasteiger partial charge on any atom is 0.0780 e. The van der Waals surface area contributed by atoms with Crippen LogP contribution < -0.4 is 5.32 Å². The van der Waals surface area contributed by atoms with E-state index in [0.717, 1.165) is 36.6 Å². The smallest absolute Gasteiger partial charge is 0.0780 e. The SMILES string of the molecule is Clc1ccc2c(c1)C=Cc1cccnc1C2=C1CCNCC1. The molecule has 1 aromatic carbocycles. The lowest BCUT2D eigenvalue weighted by atomic mass is 9.89. The van der Waals surface area contributed by atoms with Crippen LogP contribution in [0.3, 0.4) is 0 Å². The Kier molecular flexibility index (Phi) is 3.57. The Hall–Kier alpha value is -1.90. The number of piperidine rings is 1. The largest absolute Gasteiger partial charge is 0.316 e. The van der Waals surface area contributed by atoms with Gasteiger partial charge in [0.1, 0.15) is 0 Å². The quantitative estimate of drug-likeness (QED) is 0.665. The third-order valence-electron chi connectivity index (χ3n) is 4.36. The van der Waals surface area contributed by atoms with Crippen LogP contribution in [0.2, 0.25) is 5.02 Å². The van der Waals surface area contributed by atoms with E-state index in [9.17, 15) is 0 Å². The molecular weight excluding hydrogens is 292 g/mol. The molecule has 0 radical (unpaired) electrons. The molecule has 1 aromatic heterocycles. The zero-order chi connectivity index (χ0) is 14.9. The Labute approximate surface area is 135 Å².